The summed E-state index contributed by atoms with van der Waals surface area (Å²) in [5.41, 5.74) is 0.489. The molecule has 1 heterocycles. The summed E-state index contributed by atoms with van der Waals surface area (Å²) in [6.07, 6.45) is 1.29. The second kappa shape index (κ2) is 8.05. The van der Waals surface area contributed by atoms with Gasteiger partial charge < -0.3 is 14.4 Å². The molecule has 0 N–H and O–H groups in total. The summed E-state index contributed by atoms with van der Waals surface area (Å²) < 4.78 is 22.8. The number of hydrogen-bond donors (Lipinski definition) is 0. The fraction of sp³-hybridized carbons (Fsp3) is 0.235. The van der Waals surface area contributed by atoms with Crippen molar-refractivity contribution in [2.45, 2.75) is 0 Å². The van der Waals surface area contributed by atoms with E-state index in [0.717, 1.165) is 0 Å². The van der Waals surface area contributed by atoms with Gasteiger partial charge in [-0.25, -0.2) is 9.18 Å². The number of ether oxygens (including phenoxy) is 2. The highest BCUT2D eigenvalue weighted by Crippen LogP contribution is 2.11. The minimum atomic E-state index is -0.512. The lowest BCUT2D eigenvalue weighted by molar-refractivity contribution is 0.0599. The summed E-state index contributed by atoms with van der Waals surface area (Å²) in [6, 6.07) is 8.59. The Bertz CT molecular complexity index is 702. The Balaban J connectivity index is 1.87. The first-order valence-electron chi connectivity index (χ1n) is 7.19. The van der Waals surface area contributed by atoms with Crippen LogP contribution >= 0.6 is 0 Å². The Morgan fingerprint density at radius 3 is 2.46 bits per heavy atom. The summed E-state index contributed by atoms with van der Waals surface area (Å²) in [5, 5.41) is 0. The van der Waals surface area contributed by atoms with E-state index in [1.165, 1.54) is 54.6 Å². The smallest absolute Gasteiger partial charge is 0.339 e. The quantitative estimate of drug-likeness (QED) is 0.758. The zero-order valence-corrected chi connectivity index (χ0v) is 13.4. The zero-order valence-electron chi connectivity index (χ0n) is 13.4. The third-order valence-electron chi connectivity index (χ3n) is 3.26. The van der Waals surface area contributed by atoms with Crippen molar-refractivity contribution in [3.8, 4) is 5.75 Å². The lowest BCUT2D eigenvalue weighted by atomic mass is 10.2. The van der Waals surface area contributed by atoms with Crippen molar-refractivity contribution < 1.29 is 23.5 Å². The lowest BCUT2D eigenvalue weighted by Gasteiger charge is -2.17. The van der Waals surface area contributed by atoms with Crippen LogP contribution in [0, 0.1) is 5.82 Å². The maximum Gasteiger partial charge on any atom is 0.339 e. The molecule has 0 atom stereocenters. The average Bonchev–Trinajstić information content (AvgIpc) is 2.62. The highest BCUT2D eigenvalue weighted by atomic mass is 19.1. The summed E-state index contributed by atoms with van der Waals surface area (Å²) in [6.45, 7) is 0.588. The monoisotopic (exact) mass is 332 g/mol. The molecule has 1 aromatic heterocycles. The molecule has 126 valence electrons. The summed E-state index contributed by atoms with van der Waals surface area (Å²) in [7, 11) is 2.89. The van der Waals surface area contributed by atoms with Crippen LogP contribution in [0.4, 0.5) is 4.39 Å². The first-order chi connectivity index (χ1) is 11.5. The lowest BCUT2D eigenvalue weighted by Crippen LogP contribution is -2.31. The van der Waals surface area contributed by atoms with Crippen molar-refractivity contribution in [2.75, 3.05) is 27.3 Å². The van der Waals surface area contributed by atoms with Gasteiger partial charge in [-0.15, -0.1) is 0 Å². The third-order valence-corrected chi connectivity index (χ3v) is 3.26. The fourth-order valence-corrected chi connectivity index (χ4v) is 1.89. The summed E-state index contributed by atoms with van der Waals surface area (Å²) >= 11 is 0. The van der Waals surface area contributed by atoms with Gasteiger partial charge in [0.2, 0.25) is 0 Å². The maximum atomic E-state index is 12.8. The first-order valence-corrected chi connectivity index (χ1v) is 7.19. The van der Waals surface area contributed by atoms with Gasteiger partial charge >= 0.3 is 5.97 Å². The van der Waals surface area contributed by atoms with E-state index in [1.54, 1.807) is 7.05 Å². The second-order valence-corrected chi connectivity index (χ2v) is 4.95. The number of carbonyl (C=O) groups excluding carboxylic acids is 2. The summed E-state index contributed by atoms with van der Waals surface area (Å²) in [5.74, 6) is -0.620. The number of hydrogen-bond acceptors (Lipinski definition) is 5. The van der Waals surface area contributed by atoms with Crippen molar-refractivity contribution in [1.29, 1.82) is 0 Å². The van der Waals surface area contributed by atoms with Crippen LogP contribution in [-0.4, -0.2) is 49.1 Å². The summed E-state index contributed by atoms with van der Waals surface area (Å²) in [4.78, 5) is 29.0. The van der Waals surface area contributed by atoms with Crippen molar-refractivity contribution in [1.82, 2.24) is 9.88 Å². The number of rotatable bonds is 6. The fourth-order valence-electron chi connectivity index (χ4n) is 1.89. The molecule has 0 bridgehead atoms. The largest absolute Gasteiger partial charge is 0.492 e. The highest BCUT2D eigenvalue weighted by Gasteiger charge is 2.14. The van der Waals surface area contributed by atoms with E-state index in [2.05, 4.69) is 9.72 Å². The Labute approximate surface area is 138 Å². The molecular weight excluding hydrogens is 315 g/mol. The van der Waals surface area contributed by atoms with Crippen molar-refractivity contribution in [3.05, 3.63) is 59.7 Å². The predicted octanol–water partition coefficient (Wildman–Crippen LogP) is 2.16. The SMILES string of the molecule is COC(=O)c1ccc(C(=O)N(C)CCOc2ccc(F)cc2)nc1. The van der Waals surface area contributed by atoms with Crippen LogP contribution in [0.15, 0.2) is 42.6 Å². The second-order valence-electron chi connectivity index (χ2n) is 4.95. The topological polar surface area (TPSA) is 68.7 Å². The molecule has 0 radical (unpaired) electrons. The molecule has 0 saturated heterocycles. The van der Waals surface area contributed by atoms with E-state index >= 15 is 0 Å². The van der Waals surface area contributed by atoms with Crippen molar-refractivity contribution in [2.24, 2.45) is 0 Å². The van der Waals surface area contributed by atoms with Gasteiger partial charge in [0, 0.05) is 13.2 Å². The van der Waals surface area contributed by atoms with E-state index in [-0.39, 0.29) is 29.6 Å². The number of amides is 1. The van der Waals surface area contributed by atoms with Gasteiger partial charge in [-0.05, 0) is 36.4 Å². The Morgan fingerprint density at radius 1 is 1.17 bits per heavy atom. The minimum absolute atomic E-state index is 0.215. The Hall–Kier alpha value is -2.96. The zero-order chi connectivity index (χ0) is 17.5. The number of nitrogens with zero attached hydrogens (tertiary/aromatic N) is 2. The van der Waals surface area contributed by atoms with Crippen LogP contribution in [0.25, 0.3) is 0 Å². The molecule has 0 aliphatic heterocycles. The molecule has 0 aliphatic rings. The number of esters is 1. The molecule has 0 spiro atoms. The van der Waals surface area contributed by atoms with Crippen molar-refractivity contribution >= 4 is 11.9 Å². The van der Waals surface area contributed by atoms with Gasteiger partial charge in [0.15, 0.2) is 0 Å². The molecule has 1 aromatic carbocycles. The highest BCUT2D eigenvalue weighted by molar-refractivity contribution is 5.94. The Morgan fingerprint density at radius 2 is 1.88 bits per heavy atom. The van der Waals surface area contributed by atoms with Crippen LogP contribution in [0.3, 0.4) is 0 Å². The van der Waals surface area contributed by atoms with Crippen LogP contribution in [-0.2, 0) is 4.74 Å². The molecule has 24 heavy (non-hydrogen) atoms. The van der Waals surface area contributed by atoms with Gasteiger partial charge in [0.05, 0.1) is 19.2 Å². The van der Waals surface area contributed by atoms with Crippen LogP contribution in [0.1, 0.15) is 20.8 Å². The number of carbonyl (C=O) groups is 2. The van der Waals surface area contributed by atoms with E-state index in [1.807, 2.05) is 0 Å². The molecule has 2 rings (SSSR count). The standard InChI is InChI=1S/C17H17FN2O4/c1-20(9-10-24-14-6-4-13(18)5-7-14)16(21)15-8-3-12(11-19-15)17(22)23-2/h3-8,11H,9-10H2,1-2H3. The number of benzene rings is 1. The van der Waals surface area contributed by atoms with Gasteiger partial charge in [-0.1, -0.05) is 0 Å². The van der Waals surface area contributed by atoms with Gasteiger partial charge in [-0.3, -0.25) is 9.78 Å². The molecule has 0 aliphatic carbocycles. The van der Waals surface area contributed by atoms with E-state index in [0.29, 0.717) is 12.3 Å². The average molecular weight is 332 g/mol. The van der Waals surface area contributed by atoms with Gasteiger partial charge in [0.25, 0.3) is 5.91 Å². The predicted molar refractivity (Wildman–Crippen MR) is 84.4 cm³/mol. The number of aromatic nitrogens is 1. The molecule has 1 amide bonds. The third kappa shape index (κ3) is 4.52. The van der Waals surface area contributed by atoms with E-state index in [9.17, 15) is 14.0 Å². The Kier molecular flexibility index (Phi) is 5.83. The maximum absolute atomic E-state index is 12.8. The molecular formula is C17H17FN2O4. The molecule has 0 fully saturated rings. The number of halogens is 1. The minimum Gasteiger partial charge on any atom is -0.492 e. The molecule has 7 heteroatoms. The number of pyridine rings is 1. The van der Waals surface area contributed by atoms with Crippen LogP contribution < -0.4 is 4.74 Å². The number of methoxy groups -OCH3 is 1. The van der Waals surface area contributed by atoms with E-state index < -0.39 is 5.97 Å². The van der Waals surface area contributed by atoms with Crippen LogP contribution in [0.5, 0.6) is 5.75 Å². The normalized spacial score (nSPS) is 10.1. The van der Waals surface area contributed by atoms with Crippen molar-refractivity contribution in [3.63, 3.8) is 0 Å². The van der Waals surface area contributed by atoms with Gasteiger partial charge in [-0.2, -0.15) is 0 Å². The molecule has 6 nitrogen and oxygen atoms in total. The number of likely N-dealkylation sites (N-methyl/N-ethyl adjacent to an activating group) is 1. The molecule has 2 aromatic rings. The first kappa shape index (κ1) is 17.4. The molecule has 0 unspecified atom stereocenters. The van der Waals surface area contributed by atoms with Crippen LogP contribution in [0.2, 0.25) is 0 Å². The molecule has 0 saturated carbocycles. The van der Waals surface area contributed by atoms with Gasteiger partial charge in [0.1, 0.15) is 23.9 Å². The van der Waals surface area contributed by atoms with E-state index in [4.69, 9.17) is 4.74 Å².